The van der Waals surface area contributed by atoms with Gasteiger partial charge in [-0.25, -0.2) is 0 Å². The Morgan fingerprint density at radius 2 is 1.92 bits per heavy atom. The Bertz CT molecular complexity index is 659. The van der Waals surface area contributed by atoms with Gasteiger partial charge >= 0.3 is 0 Å². The van der Waals surface area contributed by atoms with Crippen molar-refractivity contribution in [3.8, 4) is 0 Å². The van der Waals surface area contributed by atoms with E-state index in [9.17, 15) is 4.79 Å². The van der Waals surface area contributed by atoms with Gasteiger partial charge in [0.25, 0.3) is 5.91 Å². The van der Waals surface area contributed by atoms with Crippen molar-refractivity contribution >= 4 is 22.9 Å². The molecule has 24 heavy (non-hydrogen) atoms. The Kier molecular flexibility index (Phi) is 5.24. The average molecular weight is 343 g/mol. The predicted octanol–water partition coefficient (Wildman–Crippen LogP) is 4.79. The first-order chi connectivity index (χ1) is 11.6. The summed E-state index contributed by atoms with van der Waals surface area (Å²) in [4.78, 5) is 17.3. The smallest absolute Gasteiger partial charge is 0.254 e. The number of amides is 1. The van der Waals surface area contributed by atoms with Crippen LogP contribution in [0.4, 0.5) is 5.69 Å². The van der Waals surface area contributed by atoms with Crippen molar-refractivity contribution in [2.75, 3.05) is 11.4 Å². The van der Waals surface area contributed by atoms with Crippen LogP contribution in [0.25, 0.3) is 0 Å². The Morgan fingerprint density at radius 3 is 2.42 bits per heavy atom. The zero-order valence-corrected chi connectivity index (χ0v) is 15.6. The normalized spacial score (nSPS) is 14.0. The van der Waals surface area contributed by atoms with Gasteiger partial charge in [-0.3, -0.25) is 4.79 Å². The molecular formula is C20H26N2OS. The molecule has 3 nitrogen and oxygen atoms in total. The van der Waals surface area contributed by atoms with Crippen molar-refractivity contribution in [3.63, 3.8) is 0 Å². The molecule has 0 aliphatic heterocycles. The van der Waals surface area contributed by atoms with Crippen LogP contribution >= 0.6 is 11.3 Å². The maximum absolute atomic E-state index is 13.0. The first-order valence-electron chi connectivity index (χ1n) is 8.79. The summed E-state index contributed by atoms with van der Waals surface area (Å²) in [6.45, 7) is 8.24. The third-order valence-corrected chi connectivity index (χ3v) is 5.32. The first-order valence-corrected chi connectivity index (χ1v) is 9.73. The van der Waals surface area contributed by atoms with Gasteiger partial charge < -0.3 is 9.80 Å². The number of nitrogens with zero attached hydrogens (tertiary/aromatic N) is 2. The second-order valence-corrected chi connectivity index (χ2v) is 7.50. The number of hydrogen-bond acceptors (Lipinski definition) is 3. The number of rotatable bonds is 7. The van der Waals surface area contributed by atoms with Gasteiger partial charge in [-0.2, -0.15) is 11.3 Å². The summed E-state index contributed by atoms with van der Waals surface area (Å²) in [5.41, 5.74) is 3.20. The third-order valence-electron chi connectivity index (χ3n) is 4.59. The van der Waals surface area contributed by atoms with Crippen LogP contribution < -0.4 is 4.90 Å². The van der Waals surface area contributed by atoms with E-state index in [1.165, 1.54) is 11.3 Å². The zero-order chi connectivity index (χ0) is 17.1. The Hall–Kier alpha value is -1.81. The molecule has 128 valence electrons. The molecule has 0 N–H and O–H groups in total. The van der Waals surface area contributed by atoms with E-state index in [4.69, 9.17) is 0 Å². The Balaban J connectivity index is 1.75. The maximum Gasteiger partial charge on any atom is 0.254 e. The van der Waals surface area contributed by atoms with Crippen molar-refractivity contribution in [2.45, 2.75) is 52.2 Å². The van der Waals surface area contributed by atoms with E-state index in [0.717, 1.165) is 31.5 Å². The van der Waals surface area contributed by atoms with Gasteiger partial charge in [-0.15, -0.1) is 0 Å². The molecule has 0 radical (unpaired) electrons. The molecule has 0 atom stereocenters. The van der Waals surface area contributed by atoms with Crippen molar-refractivity contribution in [3.05, 3.63) is 52.2 Å². The van der Waals surface area contributed by atoms with Crippen LogP contribution in [-0.4, -0.2) is 29.4 Å². The molecule has 1 saturated carbocycles. The van der Waals surface area contributed by atoms with Gasteiger partial charge in [0.1, 0.15) is 0 Å². The molecule has 4 heteroatoms. The largest absolute Gasteiger partial charge is 0.369 e. The molecule has 0 spiro atoms. The number of thiophene rings is 1. The molecule has 1 aliphatic rings. The quantitative estimate of drug-likeness (QED) is 0.722. The van der Waals surface area contributed by atoms with Crippen molar-refractivity contribution in [1.82, 2.24) is 4.90 Å². The second kappa shape index (κ2) is 7.39. The fourth-order valence-electron chi connectivity index (χ4n) is 3.14. The summed E-state index contributed by atoms with van der Waals surface area (Å²) in [6.07, 6.45) is 2.26. The molecule has 2 aromatic rings. The van der Waals surface area contributed by atoms with Gasteiger partial charge in [0.2, 0.25) is 0 Å². The van der Waals surface area contributed by atoms with Crippen LogP contribution in [0.2, 0.25) is 0 Å². The summed E-state index contributed by atoms with van der Waals surface area (Å²) < 4.78 is 0. The van der Waals surface area contributed by atoms with Crippen LogP contribution in [0.5, 0.6) is 0 Å². The molecule has 1 aliphatic carbocycles. The van der Waals surface area contributed by atoms with Crippen molar-refractivity contribution in [1.29, 1.82) is 0 Å². The SMILES string of the molecule is CCN(c1ccc(C(=O)N(Cc2ccsc2)C2CC2)cc1)C(C)C. The molecule has 1 fully saturated rings. The highest BCUT2D eigenvalue weighted by atomic mass is 32.1. The zero-order valence-electron chi connectivity index (χ0n) is 14.7. The highest BCUT2D eigenvalue weighted by molar-refractivity contribution is 7.07. The lowest BCUT2D eigenvalue weighted by Crippen LogP contribution is -2.33. The lowest BCUT2D eigenvalue weighted by Gasteiger charge is -2.28. The molecule has 1 amide bonds. The lowest BCUT2D eigenvalue weighted by molar-refractivity contribution is 0.0730. The summed E-state index contributed by atoms with van der Waals surface area (Å²) in [5.74, 6) is 0.155. The Morgan fingerprint density at radius 1 is 1.21 bits per heavy atom. The fraction of sp³-hybridized carbons (Fsp3) is 0.450. The van der Waals surface area contributed by atoms with E-state index in [-0.39, 0.29) is 5.91 Å². The summed E-state index contributed by atoms with van der Waals surface area (Å²) in [6, 6.07) is 11.1. The molecule has 0 bridgehead atoms. The van der Waals surface area contributed by atoms with Gasteiger partial charge in [0, 0.05) is 36.4 Å². The minimum absolute atomic E-state index is 0.155. The minimum Gasteiger partial charge on any atom is -0.369 e. The van der Waals surface area contributed by atoms with E-state index >= 15 is 0 Å². The highest BCUT2D eigenvalue weighted by Gasteiger charge is 2.33. The topological polar surface area (TPSA) is 23.6 Å². The van der Waals surface area contributed by atoms with Crippen LogP contribution in [0, 0.1) is 0 Å². The highest BCUT2D eigenvalue weighted by Crippen LogP contribution is 2.30. The average Bonchev–Trinajstić information content (AvgIpc) is 3.29. The third kappa shape index (κ3) is 3.81. The maximum atomic E-state index is 13.0. The predicted molar refractivity (Wildman–Crippen MR) is 102 cm³/mol. The van der Waals surface area contributed by atoms with Gasteiger partial charge in [-0.1, -0.05) is 0 Å². The number of anilines is 1. The van der Waals surface area contributed by atoms with Crippen LogP contribution in [-0.2, 0) is 6.54 Å². The van der Waals surface area contributed by atoms with Crippen molar-refractivity contribution in [2.24, 2.45) is 0 Å². The summed E-state index contributed by atoms with van der Waals surface area (Å²) in [5, 5.41) is 4.21. The van der Waals surface area contributed by atoms with Crippen LogP contribution in [0.15, 0.2) is 41.1 Å². The molecule has 1 aromatic heterocycles. The molecule has 0 saturated heterocycles. The number of carbonyl (C=O) groups is 1. The molecule has 0 unspecified atom stereocenters. The molecule has 3 rings (SSSR count). The Labute approximate surface area is 148 Å². The van der Waals surface area contributed by atoms with Crippen LogP contribution in [0.1, 0.15) is 49.5 Å². The van der Waals surface area contributed by atoms with Crippen molar-refractivity contribution < 1.29 is 4.79 Å². The first kappa shape index (κ1) is 17.0. The van der Waals surface area contributed by atoms with E-state index in [1.54, 1.807) is 11.3 Å². The summed E-state index contributed by atoms with van der Waals surface area (Å²) in [7, 11) is 0. The van der Waals surface area contributed by atoms with E-state index in [2.05, 4.69) is 54.6 Å². The van der Waals surface area contributed by atoms with E-state index in [0.29, 0.717) is 12.1 Å². The van der Waals surface area contributed by atoms with Gasteiger partial charge in [-0.05, 0) is 80.3 Å². The molecule has 1 heterocycles. The fourth-order valence-corrected chi connectivity index (χ4v) is 3.80. The van der Waals surface area contributed by atoms with Crippen LogP contribution in [0.3, 0.4) is 0 Å². The minimum atomic E-state index is 0.155. The van der Waals surface area contributed by atoms with Gasteiger partial charge in [0.15, 0.2) is 0 Å². The monoisotopic (exact) mass is 342 g/mol. The van der Waals surface area contributed by atoms with E-state index < -0.39 is 0 Å². The lowest BCUT2D eigenvalue weighted by atomic mass is 10.1. The second-order valence-electron chi connectivity index (χ2n) is 6.72. The van der Waals surface area contributed by atoms with Gasteiger partial charge in [0.05, 0.1) is 0 Å². The standard InChI is InChI=1S/C20H26N2OS/c1-4-21(15(2)3)18-7-5-17(6-8-18)20(23)22(19-9-10-19)13-16-11-12-24-14-16/h5-8,11-12,14-15,19H,4,9-10,13H2,1-3H3. The van der Waals surface area contributed by atoms with E-state index in [1.807, 2.05) is 17.0 Å². The molecular weight excluding hydrogens is 316 g/mol. The number of hydrogen-bond donors (Lipinski definition) is 0. The number of benzene rings is 1. The molecule has 1 aromatic carbocycles. The summed E-state index contributed by atoms with van der Waals surface area (Å²) >= 11 is 1.69. The number of carbonyl (C=O) groups excluding carboxylic acids is 1.